The van der Waals surface area contributed by atoms with Crippen LogP contribution in [0.15, 0.2) is 18.7 Å². The minimum atomic E-state index is 0.292. The number of aromatic nitrogens is 8. The topological polar surface area (TPSA) is 79.2 Å². The molecule has 0 amide bonds. The summed E-state index contributed by atoms with van der Waals surface area (Å²) >= 11 is 0. The van der Waals surface area contributed by atoms with Crippen molar-refractivity contribution in [2.45, 2.75) is 32.2 Å². The Balaban J connectivity index is 1.73. The van der Waals surface area contributed by atoms with Crippen molar-refractivity contribution in [3.8, 4) is 5.69 Å². The molecule has 3 aromatic heterocycles. The van der Waals surface area contributed by atoms with E-state index in [4.69, 9.17) is 0 Å². The van der Waals surface area contributed by atoms with Gasteiger partial charge in [0.1, 0.15) is 29.5 Å². The largest absolute Gasteiger partial charge is 0.274 e. The number of aryl methyl sites for hydroxylation is 3. The van der Waals surface area contributed by atoms with E-state index in [1.165, 1.54) is 0 Å². The molecule has 0 radical (unpaired) electrons. The fraction of sp³-hybridized carbons (Fsp3) is 0.462. The smallest absolute Gasteiger partial charge is 0.148 e. The summed E-state index contributed by atoms with van der Waals surface area (Å²) in [6, 6.07) is 0. The number of rotatable bonds is 2. The van der Waals surface area contributed by atoms with Crippen molar-refractivity contribution >= 4 is 0 Å². The molecule has 0 N–H and O–H groups in total. The first-order chi connectivity index (χ1) is 10.2. The van der Waals surface area contributed by atoms with Crippen LogP contribution in [0.25, 0.3) is 5.69 Å². The summed E-state index contributed by atoms with van der Waals surface area (Å²) in [7, 11) is 1.90. The van der Waals surface area contributed by atoms with Crippen molar-refractivity contribution in [3.63, 3.8) is 0 Å². The third kappa shape index (κ3) is 2.03. The molecule has 0 saturated carbocycles. The third-order valence-corrected chi connectivity index (χ3v) is 3.84. The summed E-state index contributed by atoms with van der Waals surface area (Å²) in [4.78, 5) is 8.90. The molecule has 108 valence electrons. The maximum absolute atomic E-state index is 4.63. The highest BCUT2D eigenvalue weighted by molar-refractivity contribution is 5.26. The zero-order valence-corrected chi connectivity index (χ0v) is 12.0. The Bertz CT molecular complexity index is 780. The number of hydrogen-bond donors (Lipinski definition) is 0. The van der Waals surface area contributed by atoms with E-state index in [-0.39, 0.29) is 0 Å². The van der Waals surface area contributed by atoms with Gasteiger partial charge in [-0.05, 0) is 13.3 Å². The van der Waals surface area contributed by atoms with Gasteiger partial charge in [-0.1, -0.05) is 0 Å². The van der Waals surface area contributed by atoms with Crippen LogP contribution in [0, 0.1) is 6.92 Å². The van der Waals surface area contributed by atoms with E-state index >= 15 is 0 Å². The lowest BCUT2D eigenvalue weighted by Gasteiger charge is -2.21. The quantitative estimate of drug-likeness (QED) is 0.689. The molecule has 3 aromatic rings. The van der Waals surface area contributed by atoms with Gasteiger partial charge in [0, 0.05) is 19.4 Å². The summed E-state index contributed by atoms with van der Waals surface area (Å²) in [5, 5.41) is 13.0. The van der Waals surface area contributed by atoms with E-state index in [0.717, 1.165) is 42.5 Å². The molecule has 4 rings (SSSR count). The third-order valence-electron chi connectivity index (χ3n) is 3.84. The number of fused-ring (bicyclic) bond motifs is 1. The van der Waals surface area contributed by atoms with E-state index in [1.54, 1.807) is 17.2 Å². The van der Waals surface area contributed by atoms with Crippen molar-refractivity contribution in [2.24, 2.45) is 7.05 Å². The average molecular weight is 284 g/mol. The second kappa shape index (κ2) is 4.51. The monoisotopic (exact) mass is 284 g/mol. The Morgan fingerprint density at radius 1 is 1.29 bits per heavy atom. The van der Waals surface area contributed by atoms with Gasteiger partial charge in [-0.15, -0.1) is 0 Å². The Morgan fingerprint density at radius 3 is 3.00 bits per heavy atom. The summed E-state index contributed by atoms with van der Waals surface area (Å²) in [6.07, 6.45) is 7.30. The molecule has 21 heavy (non-hydrogen) atoms. The molecule has 0 fully saturated rings. The summed E-state index contributed by atoms with van der Waals surface area (Å²) < 4.78 is 5.63. The van der Waals surface area contributed by atoms with Gasteiger partial charge in [0.15, 0.2) is 0 Å². The Kier molecular flexibility index (Phi) is 2.63. The first-order valence-corrected chi connectivity index (χ1v) is 7.00. The second-order valence-electron chi connectivity index (χ2n) is 5.40. The molecule has 1 aliphatic rings. The zero-order valence-electron chi connectivity index (χ0n) is 12.0. The molecule has 0 aliphatic carbocycles. The molecule has 1 unspecified atom stereocenters. The average Bonchev–Trinajstić information content (AvgIpc) is 3.16. The highest BCUT2D eigenvalue weighted by atomic mass is 15.4. The maximum atomic E-state index is 4.63. The lowest BCUT2D eigenvalue weighted by Crippen LogP contribution is -2.22. The summed E-state index contributed by atoms with van der Waals surface area (Å²) in [5.41, 5.74) is 0.942. The van der Waals surface area contributed by atoms with Gasteiger partial charge in [0.2, 0.25) is 0 Å². The molecule has 0 bridgehead atoms. The van der Waals surface area contributed by atoms with Crippen LogP contribution < -0.4 is 0 Å². The molecule has 4 heterocycles. The molecule has 1 aliphatic heterocycles. The van der Waals surface area contributed by atoms with Gasteiger partial charge in [0.05, 0.1) is 18.9 Å². The zero-order chi connectivity index (χ0) is 14.4. The predicted molar refractivity (Wildman–Crippen MR) is 73.9 cm³/mol. The molecule has 8 nitrogen and oxygen atoms in total. The van der Waals surface area contributed by atoms with Crippen LogP contribution >= 0.6 is 0 Å². The molecule has 1 atom stereocenters. The molecule has 0 aromatic carbocycles. The van der Waals surface area contributed by atoms with Crippen LogP contribution in [-0.4, -0.2) is 39.3 Å². The fourth-order valence-electron chi connectivity index (χ4n) is 2.85. The summed E-state index contributed by atoms with van der Waals surface area (Å²) in [6.45, 7) is 2.72. The highest BCUT2D eigenvalue weighted by Gasteiger charge is 2.26. The van der Waals surface area contributed by atoms with Crippen molar-refractivity contribution in [2.75, 3.05) is 0 Å². The maximum Gasteiger partial charge on any atom is 0.148 e. The van der Waals surface area contributed by atoms with Crippen molar-refractivity contribution in [3.05, 3.63) is 36.2 Å². The van der Waals surface area contributed by atoms with Gasteiger partial charge in [-0.25, -0.2) is 19.3 Å². The second-order valence-corrected chi connectivity index (χ2v) is 5.40. The molecule has 0 spiro atoms. The number of nitrogens with zero attached hydrogens (tertiary/aromatic N) is 8. The molecule has 0 saturated heterocycles. The van der Waals surface area contributed by atoms with E-state index in [9.17, 15) is 0 Å². The van der Waals surface area contributed by atoms with Crippen LogP contribution in [0.5, 0.6) is 0 Å². The predicted octanol–water partition coefficient (Wildman–Crippen LogP) is 0.631. The Labute approximate surface area is 121 Å². The standard InChI is InChI=1S/C13H16N8/c1-9-17-13(21(18-9)11-5-15-19(2)7-11)10-3-4-12-14-8-16-20(12)6-10/h5,7-8,10H,3-4,6H2,1-2H3. The van der Waals surface area contributed by atoms with E-state index in [0.29, 0.717) is 5.92 Å². The fourth-order valence-corrected chi connectivity index (χ4v) is 2.85. The Hall–Kier alpha value is -2.51. The van der Waals surface area contributed by atoms with Crippen LogP contribution in [0.2, 0.25) is 0 Å². The van der Waals surface area contributed by atoms with Gasteiger partial charge in [-0.2, -0.15) is 15.3 Å². The van der Waals surface area contributed by atoms with Gasteiger partial charge in [-0.3, -0.25) is 4.68 Å². The molecular formula is C13H16N8. The summed E-state index contributed by atoms with van der Waals surface area (Å²) in [5.74, 6) is 3.09. The van der Waals surface area contributed by atoms with E-state index < -0.39 is 0 Å². The highest BCUT2D eigenvalue weighted by Crippen LogP contribution is 2.27. The minimum absolute atomic E-state index is 0.292. The van der Waals surface area contributed by atoms with Gasteiger partial charge >= 0.3 is 0 Å². The lowest BCUT2D eigenvalue weighted by atomic mass is 9.99. The van der Waals surface area contributed by atoms with E-state index in [2.05, 4.69) is 25.3 Å². The van der Waals surface area contributed by atoms with Crippen LogP contribution in [0.4, 0.5) is 0 Å². The van der Waals surface area contributed by atoms with Crippen LogP contribution in [0.1, 0.15) is 29.8 Å². The number of hydrogen-bond acceptors (Lipinski definition) is 5. The molecular weight excluding hydrogens is 268 g/mol. The van der Waals surface area contributed by atoms with Gasteiger partial charge < -0.3 is 0 Å². The first-order valence-electron chi connectivity index (χ1n) is 7.00. The van der Waals surface area contributed by atoms with Crippen molar-refractivity contribution < 1.29 is 0 Å². The van der Waals surface area contributed by atoms with E-state index in [1.807, 2.05) is 29.5 Å². The first kappa shape index (κ1) is 12.2. The normalized spacial score (nSPS) is 17.9. The van der Waals surface area contributed by atoms with Crippen LogP contribution in [0.3, 0.4) is 0 Å². The van der Waals surface area contributed by atoms with Crippen molar-refractivity contribution in [1.29, 1.82) is 0 Å². The SMILES string of the molecule is Cc1nc(C2CCc3ncnn3C2)n(-c2cnn(C)c2)n1. The van der Waals surface area contributed by atoms with Gasteiger partial charge in [0.25, 0.3) is 0 Å². The van der Waals surface area contributed by atoms with Crippen LogP contribution in [-0.2, 0) is 20.0 Å². The van der Waals surface area contributed by atoms with Crippen molar-refractivity contribution in [1.82, 2.24) is 39.3 Å². The molecule has 8 heteroatoms. The lowest BCUT2D eigenvalue weighted by molar-refractivity contribution is 0.404. The minimum Gasteiger partial charge on any atom is -0.274 e. The Morgan fingerprint density at radius 2 is 2.19 bits per heavy atom.